The number of amides is 1. The minimum atomic E-state index is -0.188. The van der Waals surface area contributed by atoms with Crippen molar-refractivity contribution in [2.75, 3.05) is 5.73 Å². The molecule has 1 atom stereocenters. The van der Waals surface area contributed by atoms with E-state index < -0.39 is 0 Å². The number of benzene rings is 1. The molecular weight excluding hydrogens is 296 g/mol. The van der Waals surface area contributed by atoms with E-state index in [4.69, 9.17) is 5.73 Å². The van der Waals surface area contributed by atoms with Crippen LogP contribution in [-0.2, 0) is 0 Å². The van der Waals surface area contributed by atoms with E-state index in [-0.39, 0.29) is 11.9 Å². The molecule has 18 heavy (non-hydrogen) atoms. The molecule has 0 aliphatic carbocycles. The molecule has 6 heteroatoms. The maximum atomic E-state index is 12.0. The van der Waals surface area contributed by atoms with Crippen molar-refractivity contribution < 1.29 is 4.79 Å². The molecule has 2 rings (SSSR count). The molecular formula is C12H13BrN4O. The SMILES string of the molecule is CC(NC(=O)c1cc(N)cc(Br)c1)c1ncc[nH]1. The van der Waals surface area contributed by atoms with E-state index in [2.05, 4.69) is 31.2 Å². The number of aromatic amines is 1. The lowest BCUT2D eigenvalue weighted by Gasteiger charge is -2.12. The zero-order valence-electron chi connectivity index (χ0n) is 9.77. The van der Waals surface area contributed by atoms with Crippen LogP contribution in [0.25, 0.3) is 0 Å². The second-order valence-corrected chi connectivity index (χ2v) is 4.86. The van der Waals surface area contributed by atoms with Gasteiger partial charge < -0.3 is 16.0 Å². The number of rotatable bonds is 3. The molecule has 0 saturated carbocycles. The van der Waals surface area contributed by atoms with Gasteiger partial charge in [0, 0.05) is 28.1 Å². The third kappa shape index (κ3) is 2.89. The summed E-state index contributed by atoms with van der Waals surface area (Å²) in [6.07, 6.45) is 3.37. The number of hydrogen-bond acceptors (Lipinski definition) is 3. The molecule has 1 aromatic carbocycles. The number of hydrogen-bond donors (Lipinski definition) is 3. The van der Waals surface area contributed by atoms with Crippen LogP contribution in [0.1, 0.15) is 29.1 Å². The molecule has 2 aromatic rings. The van der Waals surface area contributed by atoms with Gasteiger partial charge in [0.15, 0.2) is 0 Å². The van der Waals surface area contributed by atoms with E-state index in [0.717, 1.165) is 4.47 Å². The fourth-order valence-corrected chi connectivity index (χ4v) is 2.12. The van der Waals surface area contributed by atoms with Crippen molar-refractivity contribution in [1.29, 1.82) is 0 Å². The van der Waals surface area contributed by atoms with Crippen molar-refractivity contribution in [2.45, 2.75) is 13.0 Å². The summed E-state index contributed by atoms with van der Waals surface area (Å²) in [5.41, 5.74) is 6.75. The van der Waals surface area contributed by atoms with Gasteiger partial charge in [0.05, 0.1) is 6.04 Å². The average molecular weight is 309 g/mol. The van der Waals surface area contributed by atoms with Gasteiger partial charge in [-0.3, -0.25) is 4.79 Å². The number of nitrogen functional groups attached to an aromatic ring is 1. The van der Waals surface area contributed by atoms with Gasteiger partial charge in [-0.1, -0.05) is 15.9 Å². The van der Waals surface area contributed by atoms with Crippen LogP contribution in [0.3, 0.4) is 0 Å². The molecule has 0 aliphatic heterocycles. The first-order chi connectivity index (χ1) is 8.56. The lowest BCUT2D eigenvalue weighted by molar-refractivity contribution is 0.0938. The third-order valence-electron chi connectivity index (χ3n) is 2.46. The smallest absolute Gasteiger partial charge is 0.251 e. The molecule has 0 aliphatic rings. The summed E-state index contributed by atoms with van der Waals surface area (Å²) >= 11 is 3.31. The van der Waals surface area contributed by atoms with E-state index in [1.165, 1.54) is 0 Å². The summed E-state index contributed by atoms with van der Waals surface area (Å²) < 4.78 is 0.776. The lowest BCUT2D eigenvalue weighted by Crippen LogP contribution is -2.27. The van der Waals surface area contributed by atoms with E-state index in [9.17, 15) is 4.79 Å². The third-order valence-corrected chi connectivity index (χ3v) is 2.92. The van der Waals surface area contributed by atoms with Crippen LogP contribution >= 0.6 is 15.9 Å². The molecule has 0 bridgehead atoms. The van der Waals surface area contributed by atoms with Crippen molar-refractivity contribution in [2.24, 2.45) is 0 Å². The zero-order chi connectivity index (χ0) is 13.1. The number of nitrogens with two attached hydrogens (primary N) is 1. The Kier molecular flexibility index (Phi) is 3.66. The molecule has 1 heterocycles. The van der Waals surface area contributed by atoms with Crippen molar-refractivity contribution in [3.05, 3.63) is 46.5 Å². The monoisotopic (exact) mass is 308 g/mol. The highest BCUT2D eigenvalue weighted by Crippen LogP contribution is 2.18. The van der Waals surface area contributed by atoms with Crippen LogP contribution in [-0.4, -0.2) is 15.9 Å². The van der Waals surface area contributed by atoms with Crippen LogP contribution in [0.5, 0.6) is 0 Å². The largest absolute Gasteiger partial charge is 0.399 e. The first kappa shape index (κ1) is 12.6. The van der Waals surface area contributed by atoms with Crippen LogP contribution in [0.2, 0.25) is 0 Å². The van der Waals surface area contributed by atoms with Gasteiger partial charge in [-0.2, -0.15) is 0 Å². The number of imidazole rings is 1. The maximum absolute atomic E-state index is 12.0. The Morgan fingerprint density at radius 2 is 2.28 bits per heavy atom. The first-order valence-corrected chi connectivity index (χ1v) is 6.22. The minimum absolute atomic E-state index is 0.187. The number of anilines is 1. The van der Waals surface area contributed by atoms with Crippen molar-refractivity contribution in [3.8, 4) is 0 Å². The Bertz CT molecular complexity index is 533. The summed E-state index contributed by atoms with van der Waals surface area (Å²) in [5.74, 6) is 0.526. The van der Waals surface area contributed by atoms with Crippen LogP contribution in [0.15, 0.2) is 35.1 Å². The lowest BCUT2D eigenvalue weighted by atomic mass is 10.2. The highest BCUT2D eigenvalue weighted by molar-refractivity contribution is 9.10. The summed E-state index contributed by atoms with van der Waals surface area (Å²) in [6, 6.07) is 4.91. The first-order valence-electron chi connectivity index (χ1n) is 5.42. The zero-order valence-corrected chi connectivity index (χ0v) is 11.4. The standard InChI is InChI=1S/C12H13BrN4O/c1-7(11-15-2-3-16-11)17-12(18)8-4-9(13)6-10(14)5-8/h2-7H,14H2,1H3,(H,15,16)(H,17,18). The van der Waals surface area contributed by atoms with Crippen molar-refractivity contribution in [1.82, 2.24) is 15.3 Å². The van der Waals surface area contributed by atoms with Gasteiger partial charge in [-0.15, -0.1) is 0 Å². The summed E-state index contributed by atoms with van der Waals surface area (Å²) in [6.45, 7) is 1.86. The topological polar surface area (TPSA) is 83.8 Å². The van der Waals surface area contributed by atoms with E-state index >= 15 is 0 Å². The second-order valence-electron chi connectivity index (χ2n) is 3.94. The molecule has 5 nitrogen and oxygen atoms in total. The summed E-state index contributed by atoms with van der Waals surface area (Å²) in [5, 5.41) is 2.84. The van der Waals surface area contributed by atoms with Crippen LogP contribution in [0, 0.1) is 0 Å². The minimum Gasteiger partial charge on any atom is -0.399 e. The number of carbonyl (C=O) groups excluding carboxylic acids is 1. The Hall–Kier alpha value is -1.82. The Labute approximate surface area is 113 Å². The van der Waals surface area contributed by atoms with Crippen molar-refractivity contribution in [3.63, 3.8) is 0 Å². The number of nitrogens with zero attached hydrogens (tertiary/aromatic N) is 1. The van der Waals surface area contributed by atoms with Gasteiger partial charge in [0.2, 0.25) is 0 Å². The van der Waals surface area contributed by atoms with Gasteiger partial charge in [-0.05, 0) is 25.1 Å². The normalized spacial score (nSPS) is 12.1. The second kappa shape index (κ2) is 5.22. The predicted molar refractivity (Wildman–Crippen MR) is 73.0 cm³/mol. The molecule has 0 radical (unpaired) electrons. The molecule has 0 spiro atoms. The summed E-state index contributed by atoms with van der Waals surface area (Å²) in [7, 11) is 0. The van der Waals surface area contributed by atoms with Crippen LogP contribution < -0.4 is 11.1 Å². The Morgan fingerprint density at radius 1 is 1.50 bits per heavy atom. The fraction of sp³-hybridized carbons (Fsp3) is 0.167. The number of carbonyl (C=O) groups is 1. The highest BCUT2D eigenvalue weighted by Gasteiger charge is 2.13. The molecule has 1 aromatic heterocycles. The number of aromatic nitrogens is 2. The van der Waals surface area contributed by atoms with Crippen LogP contribution in [0.4, 0.5) is 5.69 Å². The Morgan fingerprint density at radius 3 is 2.89 bits per heavy atom. The number of H-pyrrole nitrogens is 1. The number of halogens is 1. The van der Waals surface area contributed by atoms with Gasteiger partial charge in [0.1, 0.15) is 5.82 Å². The summed E-state index contributed by atoms with van der Waals surface area (Å²) in [4.78, 5) is 19.1. The predicted octanol–water partition coefficient (Wildman–Crippen LogP) is 2.25. The fourth-order valence-electron chi connectivity index (χ4n) is 1.61. The molecule has 4 N–H and O–H groups in total. The quantitative estimate of drug-likeness (QED) is 0.760. The van der Waals surface area contributed by atoms with Gasteiger partial charge in [0.25, 0.3) is 5.91 Å². The molecule has 94 valence electrons. The van der Waals surface area contributed by atoms with Gasteiger partial charge >= 0.3 is 0 Å². The maximum Gasteiger partial charge on any atom is 0.251 e. The number of nitrogens with one attached hydrogen (secondary N) is 2. The molecule has 1 unspecified atom stereocenters. The van der Waals surface area contributed by atoms with E-state index in [0.29, 0.717) is 17.1 Å². The highest BCUT2D eigenvalue weighted by atomic mass is 79.9. The Balaban J connectivity index is 2.12. The molecule has 1 amide bonds. The van der Waals surface area contributed by atoms with Gasteiger partial charge in [-0.25, -0.2) is 4.98 Å². The average Bonchev–Trinajstić information content (AvgIpc) is 2.80. The van der Waals surface area contributed by atoms with E-state index in [1.807, 2.05) is 6.92 Å². The molecule has 0 saturated heterocycles. The van der Waals surface area contributed by atoms with Crippen molar-refractivity contribution >= 4 is 27.5 Å². The van der Waals surface area contributed by atoms with E-state index in [1.54, 1.807) is 30.6 Å². The molecule has 0 fully saturated rings.